The van der Waals surface area contributed by atoms with E-state index in [2.05, 4.69) is 10.5 Å². The first kappa shape index (κ1) is 19.4. The number of amides is 2. The van der Waals surface area contributed by atoms with Gasteiger partial charge in [-0.3, -0.25) is 0 Å². The van der Waals surface area contributed by atoms with Gasteiger partial charge in [0.25, 0.3) is 0 Å². The van der Waals surface area contributed by atoms with Gasteiger partial charge in [0.2, 0.25) is 0 Å². The molecule has 0 aliphatic carbocycles. The molecule has 146 valence electrons. The summed E-state index contributed by atoms with van der Waals surface area (Å²) in [6, 6.07) is 16.1. The zero-order valence-corrected chi connectivity index (χ0v) is 15.9. The average Bonchev–Trinajstić information content (AvgIpc) is 3.18. The van der Waals surface area contributed by atoms with Gasteiger partial charge in [-0.2, -0.15) is 0 Å². The molecular weight excluding hydrogens is 358 g/mol. The molecule has 0 spiro atoms. The third-order valence-corrected chi connectivity index (χ3v) is 4.31. The fraction of sp³-hybridized carbons (Fsp3) is 0.286. The second-order valence-corrected chi connectivity index (χ2v) is 6.44. The van der Waals surface area contributed by atoms with E-state index in [4.69, 9.17) is 9.57 Å². The first-order valence-electron chi connectivity index (χ1n) is 9.14. The van der Waals surface area contributed by atoms with Crippen LogP contribution in [0.1, 0.15) is 29.3 Å². The number of benzene rings is 2. The third-order valence-electron chi connectivity index (χ3n) is 4.31. The Balaban J connectivity index is 1.49. The number of anilines is 1. The molecule has 3 rings (SSSR count). The number of hydrogen-bond donors (Lipinski definition) is 1. The Labute approximate surface area is 163 Å². The highest BCUT2D eigenvalue weighted by Gasteiger charge is 2.25. The smallest absolute Gasteiger partial charge is 0.338 e. The Bertz CT molecular complexity index is 850. The van der Waals surface area contributed by atoms with E-state index in [1.54, 1.807) is 43.1 Å². The SMILES string of the molecule is CCOC(=O)c1ccc(NC(=O)N(C)CC2CC(c3ccccc3)=NO2)cc1. The molecule has 1 unspecified atom stereocenters. The van der Waals surface area contributed by atoms with Gasteiger partial charge in [0, 0.05) is 19.2 Å². The Morgan fingerprint density at radius 1 is 1.18 bits per heavy atom. The first-order chi connectivity index (χ1) is 13.6. The van der Waals surface area contributed by atoms with Crippen molar-refractivity contribution >= 4 is 23.4 Å². The maximum Gasteiger partial charge on any atom is 0.338 e. The lowest BCUT2D eigenvalue weighted by Gasteiger charge is -2.20. The monoisotopic (exact) mass is 381 g/mol. The molecule has 2 aromatic rings. The van der Waals surface area contributed by atoms with Crippen LogP contribution >= 0.6 is 0 Å². The third kappa shape index (κ3) is 4.88. The van der Waals surface area contributed by atoms with E-state index in [1.807, 2.05) is 30.3 Å². The molecule has 0 saturated heterocycles. The van der Waals surface area contributed by atoms with Crippen molar-refractivity contribution in [1.82, 2.24) is 4.90 Å². The van der Waals surface area contributed by atoms with Gasteiger partial charge in [-0.15, -0.1) is 0 Å². The maximum absolute atomic E-state index is 12.4. The summed E-state index contributed by atoms with van der Waals surface area (Å²) < 4.78 is 4.94. The van der Waals surface area contributed by atoms with Gasteiger partial charge >= 0.3 is 12.0 Å². The largest absolute Gasteiger partial charge is 0.462 e. The highest BCUT2D eigenvalue weighted by Crippen LogP contribution is 2.18. The Morgan fingerprint density at radius 3 is 2.57 bits per heavy atom. The molecule has 7 heteroatoms. The molecular formula is C21H23N3O4. The number of nitrogens with zero attached hydrogens (tertiary/aromatic N) is 2. The number of hydrogen-bond acceptors (Lipinski definition) is 5. The molecule has 0 radical (unpaired) electrons. The van der Waals surface area contributed by atoms with E-state index in [0.29, 0.717) is 30.8 Å². The predicted octanol–water partition coefficient (Wildman–Crippen LogP) is 3.52. The topological polar surface area (TPSA) is 80.2 Å². The molecule has 1 heterocycles. The number of esters is 1. The fourth-order valence-electron chi connectivity index (χ4n) is 2.84. The highest BCUT2D eigenvalue weighted by atomic mass is 16.6. The zero-order chi connectivity index (χ0) is 19.9. The minimum absolute atomic E-state index is 0.183. The van der Waals surface area contributed by atoms with Gasteiger partial charge in [-0.05, 0) is 36.8 Å². The molecule has 1 N–H and O–H groups in total. The molecule has 2 aromatic carbocycles. The van der Waals surface area contributed by atoms with Gasteiger partial charge in [0.1, 0.15) is 0 Å². The van der Waals surface area contributed by atoms with Crippen LogP contribution in [0.4, 0.5) is 10.5 Å². The lowest BCUT2D eigenvalue weighted by Crippen LogP contribution is -2.37. The number of nitrogens with one attached hydrogen (secondary N) is 1. The van der Waals surface area contributed by atoms with Crippen molar-refractivity contribution in [2.45, 2.75) is 19.4 Å². The molecule has 0 aromatic heterocycles. The molecule has 1 aliphatic heterocycles. The van der Waals surface area contributed by atoms with Crippen LogP contribution in [0.15, 0.2) is 59.8 Å². The van der Waals surface area contributed by atoms with Crippen LogP contribution in [0.2, 0.25) is 0 Å². The summed E-state index contributed by atoms with van der Waals surface area (Å²) >= 11 is 0. The quantitative estimate of drug-likeness (QED) is 0.777. The van der Waals surface area contributed by atoms with Crippen molar-refractivity contribution in [3.05, 3.63) is 65.7 Å². The van der Waals surface area contributed by atoms with Gasteiger partial charge < -0.3 is 19.8 Å². The minimum atomic E-state index is -0.384. The summed E-state index contributed by atoms with van der Waals surface area (Å²) in [6.07, 6.45) is 0.465. The molecule has 0 saturated carbocycles. The van der Waals surface area contributed by atoms with E-state index >= 15 is 0 Å². The van der Waals surface area contributed by atoms with Crippen molar-refractivity contribution in [2.24, 2.45) is 5.16 Å². The van der Waals surface area contributed by atoms with Crippen LogP contribution in [0.3, 0.4) is 0 Å². The van der Waals surface area contributed by atoms with Crippen molar-refractivity contribution in [3.63, 3.8) is 0 Å². The maximum atomic E-state index is 12.4. The van der Waals surface area contributed by atoms with E-state index in [1.165, 1.54) is 0 Å². The standard InChI is InChI=1S/C21H23N3O4/c1-3-27-20(25)16-9-11-17(12-10-16)22-21(26)24(2)14-18-13-19(23-28-18)15-7-5-4-6-8-15/h4-12,18H,3,13-14H2,1-2H3,(H,22,26). The number of carbonyl (C=O) groups is 2. The summed E-state index contributed by atoms with van der Waals surface area (Å²) in [5, 5.41) is 6.94. The zero-order valence-electron chi connectivity index (χ0n) is 15.9. The number of oxime groups is 1. The lowest BCUT2D eigenvalue weighted by atomic mass is 10.1. The first-order valence-corrected chi connectivity index (χ1v) is 9.14. The van der Waals surface area contributed by atoms with E-state index < -0.39 is 0 Å². The minimum Gasteiger partial charge on any atom is -0.462 e. The van der Waals surface area contributed by atoms with Crippen molar-refractivity contribution in [3.8, 4) is 0 Å². The van der Waals surface area contributed by atoms with Crippen molar-refractivity contribution < 1.29 is 19.2 Å². The molecule has 1 atom stereocenters. The van der Waals surface area contributed by atoms with Crippen LogP contribution in [-0.2, 0) is 9.57 Å². The van der Waals surface area contributed by atoms with Crippen molar-refractivity contribution in [1.29, 1.82) is 0 Å². The number of rotatable bonds is 6. The normalized spacial score (nSPS) is 15.4. The second kappa shape index (κ2) is 9.03. The molecule has 2 amide bonds. The number of ether oxygens (including phenoxy) is 1. The van der Waals surface area contributed by atoms with Gasteiger partial charge in [-0.25, -0.2) is 9.59 Å². The van der Waals surface area contributed by atoms with E-state index in [0.717, 1.165) is 11.3 Å². The molecule has 0 bridgehead atoms. The average molecular weight is 381 g/mol. The van der Waals surface area contributed by atoms with Crippen LogP contribution in [0.25, 0.3) is 0 Å². The summed E-state index contributed by atoms with van der Waals surface area (Å²) in [6.45, 7) is 2.48. The summed E-state index contributed by atoms with van der Waals surface area (Å²) in [5.74, 6) is -0.384. The van der Waals surface area contributed by atoms with E-state index in [-0.39, 0.29) is 18.1 Å². The van der Waals surface area contributed by atoms with Gasteiger partial charge in [0.05, 0.1) is 24.4 Å². The number of carbonyl (C=O) groups excluding carboxylic acids is 2. The molecule has 28 heavy (non-hydrogen) atoms. The van der Waals surface area contributed by atoms with Crippen LogP contribution in [-0.4, -0.2) is 48.9 Å². The molecule has 7 nitrogen and oxygen atoms in total. The van der Waals surface area contributed by atoms with Crippen LogP contribution in [0, 0.1) is 0 Å². The van der Waals surface area contributed by atoms with E-state index in [9.17, 15) is 9.59 Å². The van der Waals surface area contributed by atoms with Gasteiger partial charge in [0.15, 0.2) is 6.10 Å². The van der Waals surface area contributed by atoms with Crippen LogP contribution < -0.4 is 5.32 Å². The van der Waals surface area contributed by atoms with Crippen LogP contribution in [0.5, 0.6) is 0 Å². The Hall–Kier alpha value is -3.35. The fourth-order valence-corrected chi connectivity index (χ4v) is 2.84. The molecule has 0 fully saturated rings. The predicted molar refractivity (Wildman–Crippen MR) is 107 cm³/mol. The van der Waals surface area contributed by atoms with Crippen molar-refractivity contribution in [2.75, 3.05) is 25.5 Å². The summed E-state index contributed by atoms with van der Waals surface area (Å²) in [5.41, 5.74) is 2.95. The lowest BCUT2D eigenvalue weighted by molar-refractivity contribution is 0.0526. The second-order valence-electron chi connectivity index (χ2n) is 6.44. The van der Waals surface area contributed by atoms with Gasteiger partial charge in [-0.1, -0.05) is 35.5 Å². The highest BCUT2D eigenvalue weighted by molar-refractivity contribution is 6.01. The Morgan fingerprint density at radius 2 is 1.89 bits per heavy atom. The Kier molecular flexibility index (Phi) is 6.26. The number of likely N-dealkylation sites (N-methyl/N-ethyl adjacent to an activating group) is 1. The number of urea groups is 1. The summed E-state index contributed by atoms with van der Waals surface area (Å²) in [4.78, 5) is 31.1. The molecule has 1 aliphatic rings. The summed E-state index contributed by atoms with van der Waals surface area (Å²) in [7, 11) is 1.70.